The van der Waals surface area contributed by atoms with Crippen molar-refractivity contribution >= 4 is 0 Å². The Morgan fingerprint density at radius 2 is 2.09 bits per heavy atom. The van der Waals surface area contributed by atoms with Gasteiger partial charge in [0, 0.05) is 11.8 Å². The van der Waals surface area contributed by atoms with E-state index in [4.69, 9.17) is 0 Å². The standard InChI is InChI=1S/C9H13NO/c1-4-8-6(2)5-10-9(11)7(8)3/h5H,4H2,1-3H3,(H,10,11). The lowest BCUT2D eigenvalue weighted by Gasteiger charge is -2.06. The second-order valence-corrected chi connectivity index (χ2v) is 2.72. The van der Waals surface area contributed by atoms with Crippen LogP contribution in [0.1, 0.15) is 23.6 Å². The number of rotatable bonds is 1. The second kappa shape index (κ2) is 2.91. The van der Waals surface area contributed by atoms with Gasteiger partial charge in [0.1, 0.15) is 0 Å². The summed E-state index contributed by atoms with van der Waals surface area (Å²) in [5.74, 6) is 0.160. The molecule has 1 rings (SSSR count). The molecule has 0 saturated heterocycles. The fourth-order valence-electron chi connectivity index (χ4n) is 1.31. The largest absolute Gasteiger partial charge is 0.493 e. The van der Waals surface area contributed by atoms with Gasteiger partial charge in [-0.15, -0.1) is 0 Å². The molecule has 0 bridgehead atoms. The van der Waals surface area contributed by atoms with Crippen molar-refractivity contribution in [2.75, 3.05) is 0 Å². The van der Waals surface area contributed by atoms with Gasteiger partial charge in [-0.05, 0) is 31.4 Å². The van der Waals surface area contributed by atoms with Crippen LogP contribution in [0.4, 0.5) is 0 Å². The van der Waals surface area contributed by atoms with E-state index in [2.05, 4.69) is 11.9 Å². The van der Waals surface area contributed by atoms with Crippen LogP contribution in [-0.2, 0) is 6.42 Å². The second-order valence-electron chi connectivity index (χ2n) is 2.72. The van der Waals surface area contributed by atoms with E-state index in [1.54, 1.807) is 6.20 Å². The van der Waals surface area contributed by atoms with Gasteiger partial charge < -0.3 is 5.11 Å². The summed E-state index contributed by atoms with van der Waals surface area (Å²) in [6.07, 6.45) is 2.66. The predicted molar refractivity (Wildman–Crippen MR) is 44.8 cm³/mol. The first kappa shape index (κ1) is 8.05. The molecule has 1 aromatic heterocycles. The lowest BCUT2D eigenvalue weighted by Crippen LogP contribution is -1.93. The van der Waals surface area contributed by atoms with E-state index in [1.807, 2.05) is 13.8 Å². The Bertz CT molecular complexity index is 269. The summed E-state index contributed by atoms with van der Waals surface area (Å²) in [6, 6.07) is 0. The highest BCUT2D eigenvalue weighted by Gasteiger charge is 2.04. The first-order valence-electron chi connectivity index (χ1n) is 3.80. The Kier molecular flexibility index (Phi) is 2.13. The van der Waals surface area contributed by atoms with Crippen LogP contribution in [-0.4, -0.2) is 10.1 Å². The summed E-state index contributed by atoms with van der Waals surface area (Å²) in [7, 11) is 0. The Labute approximate surface area is 66.9 Å². The highest BCUT2D eigenvalue weighted by molar-refractivity contribution is 5.37. The average Bonchev–Trinajstić information content (AvgIpc) is 1.99. The Hall–Kier alpha value is -1.05. The molecule has 0 fully saturated rings. The van der Waals surface area contributed by atoms with Gasteiger partial charge in [0.2, 0.25) is 5.88 Å². The van der Waals surface area contributed by atoms with Crippen molar-refractivity contribution < 1.29 is 5.11 Å². The maximum Gasteiger partial charge on any atom is 0.213 e. The third kappa shape index (κ3) is 1.34. The summed E-state index contributed by atoms with van der Waals surface area (Å²) in [6.45, 7) is 5.99. The summed E-state index contributed by atoms with van der Waals surface area (Å²) >= 11 is 0. The van der Waals surface area contributed by atoms with Crippen LogP contribution in [0.15, 0.2) is 6.20 Å². The molecule has 0 aromatic carbocycles. The zero-order valence-electron chi connectivity index (χ0n) is 7.18. The third-order valence-corrected chi connectivity index (χ3v) is 2.00. The SMILES string of the molecule is CCc1c(C)cnc(O)c1C. The van der Waals surface area contributed by atoms with E-state index < -0.39 is 0 Å². The minimum Gasteiger partial charge on any atom is -0.493 e. The van der Waals surface area contributed by atoms with Crippen LogP contribution >= 0.6 is 0 Å². The molecule has 0 saturated carbocycles. The normalized spacial score (nSPS) is 10.1. The molecule has 0 aliphatic rings. The van der Waals surface area contributed by atoms with Crippen molar-refractivity contribution in [2.24, 2.45) is 0 Å². The molecule has 0 aliphatic heterocycles. The predicted octanol–water partition coefficient (Wildman–Crippen LogP) is 1.97. The number of hydrogen-bond acceptors (Lipinski definition) is 2. The van der Waals surface area contributed by atoms with Crippen molar-refractivity contribution in [3.63, 3.8) is 0 Å². The number of hydrogen-bond donors (Lipinski definition) is 1. The molecule has 0 radical (unpaired) electrons. The van der Waals surface area contributed by atoms with E-state index in [0.29, 0.717) is 0 Å². The molecule has 0 amide bonds. The molecule has 2 heteroatoms. The Morgan fingerprint density at radius 3 is 2.55 bits per heavy atom. The third-order valence-electron chi connectivity index (χ3n) is 2.00. The van der Waals surface area contributed by atoms with Crippen molar-refractivity contribution in [3.05, 3.63) is 22.9 Å². The van der Waals surface area contributed by atoms with Crippen LogP contribution in [0.5, 0.6) is 5.88 Å². The lowest BCUT2D eigenvalue weighted by molar-refractivity contribution is 0.447. The number of pyridine rings is 1. The number of aromatic hydroxyl groups is 1. The number of aryl methyl sites for hydroxylation is 1. The molecule has 1 heterocycles. The zero-order chi connectivity index (χ0) is 8.43. The van der Waals surface area contributed by atoms with E-state index in [0.717, 1.165) is 17.5 Å². The van der Waals surface area contributed by atoms with Gasteiger partial charge in [0.25, 0.3) is 0 Å². The van der Waals surface area contributed by atoms with Crippen molar-refractivity contribution in [1.82, 2.24) is 4.98 Å². The molecule has 2 nitrogen and oxygen atoms in total. The molecular formula is C9H13NO. The molecule has 11 heavy (non-hydrogen) atoms. The van der Waals surface area contributed by atoms with Gasteiger partial charge in [-0.2, -0.15) is 0 Å². The maximum atomic E-state index is 9.24. The molecule has 1 aromatic rings. The van der Waals surface area contributed by atoms with Gasteiger partial charge >= 0.3 is 0 Å². The average molecular weight is 151 g/mol. The van der Waals surface area contributed by atoms with Crippen LogP contribution in [0.2, 0.25) is 0 Å². The number of nitrogens with zero attached hydrogens (tertiary/aromatic N) is 1. The van der Waals surface area contributed by atoms with Gasteiger partial charge in [0.15, 0.2) is 0 Å². The molecule has 60 valence electrons. The fraction of sp³-hybridized carbons (Fsp3) is 0.444. The topological polar surface area (TPSA) is 33.1 Å². The molecular weight excluding hydrogens is 138 g/mol. The summed E-state index contributed by atoms with van der Waals surface area (Å²) < 4.78 is 0. The molecule has 0 aliphatic carbocycles. The van der Waals surface area contributed by atoms with Gasteiger partial charge in [-0.3, -0.25) is 0 Å². The quantitative estimate of drug-likeness (QED) is 0.665. The van der Waals surface area contributed by atoms with E-state index in [1.165, 1.54) is 5.56 Å². The van der Waals surface area contributed by atoms with E-state index >= 15 is 0 Å². The Morgan fingerprint density at radius 1 is 1.45 bits per heavy atom. The van der Waals surface area contributed by atoms with Crippen molar-refractivity contribution in [1.29, 1.82) is 0 Å². The maximum absolute atomic E-state index is 9.24. The first-order valence-corrected chi connectivity index (χ1v) is 3.80. The van der Waals surface area contributed by atoms with Crippen LogP contribution in [0.3, 0.4) is 0 Å². The van der Waals surface area contributed by atoms with Gasteiger partial charge in [-0.1, -0.05) is 6.92 Å². The molecule has 0 unspecified atom stereocenters. The zero-order valence-corrected chi connectivity index (χ0v) is 7.18. The van der Waals surface area contributed by atoms with Crippen LogP contribution < -0.4 is 0 Å². The summed E-state index contributed by atoms with van der Waals surface area (Å²) in [5.41, 5.74) is 3.27. The van der Waals surface area contributed by atoms with Crippen molar-refractivity contribution in [3.8, 4) is 5.88 Å². The monoisotopic (exact) mass is 151 g/mol. The lowest BCUT2D eigenvalue weighted by atomic mass is 10.0. The van der Waals surface area contributed by atoms with Gasteiger partial charge in [-0.25, -0.2) is 4.98 Å². The number of aromatic nitrogens is 1. The Balaban J connectivity index is 3.29. The smallest absolute Gasteiger partial charge is 0.213 e. The fourth-order valence-corrected chi connectivity index (χ4v) is 1.31. The van der Waals surface area contributed by atoms with Crippen molar-refractivity contribution in [2.45, 2.75) is 27.2 Å². The summed E-state index contributed by atoms with van der Waals surface area (Å²) in [4.78, 5) is 3.84. The van der Waals surface area contributed by atoms with E-state index in [9.17, 15) is 5.11 Å². The molecule has 0 atom stereocenters. The van der Waals surface area contributed by atoms with Gasteiger partial charge in [0.05, 0.1) is 0 Å². The summed E-state index contributed by atoms with van der Waals surface area (Å²) in [5, 5.41) is 9.24. The minimum atomic E-state index is 0.160. The first-order chi connectivity index (χ1) is 5.16. The molecule has 1 N–H and O–H groups in total. The van der Waals surface area contributed by atoms with E-state index in [-0.39, 0.29) is 5.88 Å². The highest BCUT2D eigenvalue weighted by Crippen LogP contribution is 2.20. The minimum absolute atomic E-state index is 0.160. The highest BCUT2D eigenvalue weighted by atomic mass is 16.3. The van der Waals surface area contributed by atoms with Crippen LogP contribution in [0.25, 0.3) is 0 Å². The van der Waals surface area contributed by atoms with Crippen LogP contribution in [0, 0.1) is 13.8 Å². The molecule has 0 spiro atoms.